The van der Waals surface area contributed by atoms with Gasteiger partial charge in [0.25, 0.3) is 5.91 Å². The van der Waals surface area contributed by atoms with Gasteiger partial charge in [0.15, 0.2) is 15.8 Å². The van der Waals surface area contributed by atoms with E-state index in [1.165, 1.54) is 30.2 Å². The van der Waals surface area contributed by atoms with Crippen molar-refractivity contribution in [3.05, 3.63) is 70.7 Å². The summed E-state index contributed by atoms with van der Waals surface area (Å²) in [4.78, 5) is 29.5. The first-order valence-electron chi connectivity index (χ1n) is 10.1. The number of amides is 2. The van der Waals surface area contributed by atoms with Crippen molar-refractivity contribution in [2.45, 2.75) is 4.34 Å². The molecule has 0 saturated heterocycles. The molecule has 0 aliphatic carbocycles. The number of halogens is 1. The van der Waals surface area contributed by atoms with Crippen molar-refractivity contribution in [3.8, 4) is 11.5 Å². The van der Waals surface area contributed by atoms with Gasteiger partial charge < -0.3 is 20.1 Å². The molecule has 0 atom stereocenters. The molecule has 0 spiro atoms. The molecule has 3 aromatic carbocycles. The van der Waals surface area contributed by atoms with Gasteiger partial charge in [-0.1, -0.05) is 27.7 Å². The molecule has 2 amide bonds. The number of thioether (sulfide) groups is 1. The fraction of sp³-hybridized carbons (Fsp3) is 0.125. The molecule has 0 radical (unpaired) electrons. The monoisotopic (exact) mass is 557 g/mol. The summed E-state index contributed by atoms with van der Waals surface area (Å²) in [6, 6.07) is 17.9. The minimum absolute atomic E-state index is 0.102. The van der Waals surface area contributed by atoms with Crippen LogP contribution in [0.4, 0.5) is 11.4 Å². The maximum absolute atomic E-state index is 12.7. The molecule has 0 aliphatic heterocycles. The summed E-state index contributed by atoms with van der Waals surface area (Å²) in [6.45, 7) is 0. The second-order valence-corrected chi connectivity index (χ2v) is 10.2. The number of methoxy groups -OCH3 is 2. The van der Waals surface area contributed by atoms with Crippen molar-refractivity contribution < 1.29 is 19.1 Å². The van der Waals surface area contributed by atoms with E-state index in [0.717, 1.165) is 24.7 Å². The van der Waals surface area contributed by atoms with Gasteiger partial charge in [-0.25, -0.2) is 4.98 Å². The Bertz CT molecular complexity index is 1340. The number of fused-ring (bicyclic) bond motifs is 1. The molecule has 2 N–H and O–H groups in total. The second-order valence-electron chi connectivity index (χ2n) is 7.03. The molecular weight excluding hydrogens is 538 g/mol. The molecule has 4 rings (SSSR count). The summed E-state index contributed by atoms with van der Waals surface area (Å²) in [5.74, 6) is 0.928. The second kappa shape index (κ2) is 10.9. The normalized spacial score (nSPS) is 10.7. The zero-order chi connectivity index (χ0) is 24.1. The van der Waals surface area contributed by atoms with Crippen molar-refractivity contribution in [2.75, 3.05) is 30.6 Å². The molecule has 0 aliphatic rings. The Morgan fingerprint density at radius 1 is 0.941 bits per heavy atom. The average Bonchev–Trinajstić information content (AvgIpc) is 3.26. The van der Waals surface area contributed by atoms with Crippen LogP contribution in [0.2, 0.25) is 0 Å². The molecule has 174 valence electrons. The standard InChI is InChI=1S/C24H20BrN3O4S2/c1-31-19-10-3-14(11-20(19)32-2)23(30)27-17-8-9-18-21(12-17)34-24(28-18)33-13-22(29)26-16-6-4-15(25)5-7-16/h3-12H,13H2,1-2H3,(H,26,29)(H,27,30). The molecule has 7 nitrogen and oxygen atoms in total. The maximum Gasteiger partial charge on any atom is 0.255 e. The quantitative estimate of drug-likeness (QED) is 0.256. The number of nitrogens with zero attached hydrogens (tertiary/aromatic N) is 1. The summed E-state index contributed by atoms with van der Waals surface area (Å²) < 4.78 is 13.1. The lowest BCUT2D eigenvalue weighted by molar-refractivity contribution is -0.113. The fourth-order valence-electron chi connectivity index (χ4n) is 3.08. The number of aromatic nitrogens is 1. The maximum atomic E-state index is 12.7. The first-order chi connectivity index (χ1) is 16.4. The van der Waals surface area contributed by atoms with Gasteiger partial charge in [0, 0.05) is 21.4 Å². The highest BCUT2D eigenvalue weighted by atomic mass is 79.9. The van der Waals surface area contributed by atoms with Crippen LogP contribution in [0.5, 0.6) is 11.5 Å². The predicted molar refractivity (Wildman–Crippen MR) is 141 cm³/mol. The van der Waals surface area contributed by atoms with Crippen molar-refractivity contribution in [3.63, 3.8) is 0 Å². The van der Waals surface area contributed by atoms with Gasteiger partial charge in [-0.05, 0) is 60.7 Å². The Kier molecular flexibility index (Phi) is 7.71. The molecule has 0 fully saturated rings. The number of anilines is 2. The van der Waals surface area contributed by atoms with Gasteiger partial charge >= 0.3 is 0 Å². The van der Waals surface area contributed by atoms with Crippen LogP contribution >= 0.6 is 39.0 Å². The number of ether oxygens (including phenoxy) is 2. The Labute approximate surface area is 213 Å². The fourth-order valence-corrected chi connectivity index (χ4v) is 5.25. The summed E-state index contributed by atoms with van der Waals surface area (Å²) in [7, 11) is 3.07. The van der Waals surface area contributed by atoms with Crippen LogP contribution in [0.15, 0.2) is 69.5 Å². The summed E-state index contributed by atoms with van der Waals surface area (Å²) in [5.41, 5.74) is 2.66. The van der Waals surface area contributed by atoms with Gasteiger partial charge in [0.2, 0.25) is 5.91 Å². The minimum Gasteiger partial charge on any atom is -0.493 e. The van der Waals surface area contributed by atoms with E-state index in [4.69, 9.17) is 9.47 Å². The topological polar surface area (TPSA) is 89.5 Å². The third kappa shape index (κ3) is 5.88. The van der Waals surface area contributed by atoms with E-state index in [9.17, 15) is 9.59 Å². The van der Waals surface area contributed by atoms with E-state index >= 15 is 0 Å². The first kappa shape index (κ1) is 24.1. The van der Waals surface area contributed by atoms with E-state index < -0.39 is 0 Å². The Hall–Kier alpha value is -3.08. The number of rotatable bonds is 8. The highest BCUT2D eigenvalue weighted by Gasteiger charge is 2.13. The van der Waals surface area contributed by atoms with Crippen LogP contribution in [0, 0.1) is 0 Å². The molecule has 4 aromatic rings. The van der Waals surface area contributed by atoms with Crippen LogP contribution in [-0.2, 0) is 4.79 Å². The van der Waals surface area contributed by atoms with Gasteiger partial charge in [0.1, 0.15) is 0 Å². The molecule has 0 saturated carbocycles. The van der Waals surface area contributed by atoms with Gasteiger partial charge in [-0.15, -0.1) is 11.3 Å². The first-order valence-corrected chi connectivity index (χ1v) is 12.7. The molecule has 1 aromatic heterocycles. The van der Waals surface area contributed by atoms with Crippen molar-refractivity contribution in [2.24, 2.45) is 0 Å². The molecule has 10 heteroatoms. The molecule has 0 unspecified atom stereocenters. The van der Waals surface area contributed by atoms with Crippen LogP contribution in [-0.4, -0.2) is 36.8 Å². The number of nitrogens with one attached hydrogen (secondary N) is 2. The Morgan fingerprint density at radius 2 is 1.68 bits per heavy atom. The molecule has 1 heterocycles. The summed E-state index contributed by atoms with van der Waals surface area (Å²) in [5, 5.41) is 5.77. The van der Waals surface area contributed by atoms with Crippen molar-refractivity contribution >= 4 is 72.4 Å². The zero-order valence-corrected chi connectivity index (χ0v) is 21.5. The molecular formula is C24H20BrN3O4S2. The van der Waals surface area contributed by atoms with E-state index in [2.05, 4.69) is 31.5 Å². The number of carbonyl (C=O) groups is 2. The summed E-state index contributed by atoms with van der Waals surface area (Å²) in [6.07, 6.45) is 0. The largest absolute Gasteiger partial charge is 0.493 e. The number of benzene rings is 3. The van der Waals surface area contributed by atoms with E-state index in [-0.39, 0.29) is 17.6 Å². The van der Waals surface area contributed by atoms with Crippen molar-refractivity contribution in [1.29, 1.82) is 0 Å². The van der Waals surface area contributed by atoms with Gasteiger partial charge in [-0.3, -0.25) is 9.59 Å². The smallest absolute Gasteiger partial charge is 0.255 e. The number of carbonyl (C=O) groups excluding carboxylic acids is 2. The lowest BCUT2D eigenvalue weighted by atomic mass is 10.2. The molecule has 0 bridgehead atoms. The Morgan fingerprint density at radius 3 is 2.41 bits per heavy atom. The Balaban J connectivity index is 1.39. The van der Waals surface area contributed by atoms with E-state index in [1.54, 1.807) is 31.4 Å². The third-order valence-electron chi connectivity index (χ3n) is 4.73. The van der Waals surface area contributed by atoms with E-state index in [0.29, 0.717) is 22.7 Å². The van der Waals surface area contributed by atoms with Crippen LogP contribution < -0.4 is 20.1 Å². The zero-order valence-electron chi connectivity index (χ0n) is 18.3. The number of thiazole rings is 1. The minimum atomic E-state index is -0.260. The number of hydrogen-bond acceptors (Lipinski definition) is 7. The van der Waals surface area contributed by atoms with Crippen LogP contribution in [0.1, 0.15) is 10.4 Å². The molecule has 34 heavy (non-hydrogen) atoms. The van der Waals surface area contributed by atoms with Crippen LogP contribution in [0.3, 0.4) is 0 Å². The van der Waals surface area contributed by atoms with Crippen LogP contribution in [0.25, 0.3) is 10.2 Å². The van der Waals surface area contributed by atoms with E-state index in [1.807, 2.05) is 36.4 Å². The third-order valence-corrected chi connectivity index (χ3v) is 7.42. The lowest BCUT2D eigenvalue weighted by Crippen LogP contribution is -2.13. The highest BCUT2D eigenvalue weighted by Crippen LogP contribution is 2.32. The van der Waals surface area contributed by atoms with Gasteiger partial charge in [-0.2, -0.15) is 0 Å². The summed E-state index contributed by atoms with van der Waals surface area (Å²) >= 11 is 6.22. The average molecular weight is 558 g/mol. The van der Waals surface area contributed by atoms with Crippen molar-refractivity contribution in [1.82, 2.24) is 4.98 Å². The predicted octanol–water partition coefficient (Wildman–Crippen LogP) is 6.06. The number of hydrogen-bond donors (Lipinski definition) is 2. The SMILES string of the molecule is COc1ccc(C(=O)Nc2ccc3nc(SCC(=O)Nc4ccc(Br)cc4)sc3c2)cc1OC. The lowest BCUT2D eigenvalue weighted by Gasteiger charge is -2.10. The highest BCUT2D eigenvalue weighted by molar-refractivity contribution is 9.10. The van der Waals surface area contributed by atoms with Gasteiger partial charge in [0.05, 0.1) is 30.2 Å².